The lowest BCUT2D eigenvalue weighted by Gasteiger charge is -2.45. The van der Waals surface area contributed by atoms with E-state index in [1.807, 2.05) is 6.92 Å². The van der Waals surface area contributed by atoms with Gasteiger partial charge in [0.25, 0.3) is 0 Å². The molecule has 4 heterocycles. The monoisotopic (exact) mass is 378 g/mol. The van der Waals surface area contributed by atoms with E-state index in [-0.39, 0.29) is 35.7 Å². The minimum Gasteiger partial charge on any atom is -0.459 e. The number of rotatable bonds is 0. The van der Waals surface area contributed by atoms with E-state index in [9.17, 15) is 14.7 Å². The molecular weight excluding hydrogens is 352 g/mol. The normalized spacial score (nSPS) is 60.1. The maximum atomic E-state index is 13.3. The summed E-state index contributed by atoms with van der Waals surface area (Å²) in [5.41, 5.74) is -4.59. The molecule has 6 fully saturated rings. The molecule has 0 aromatic heterocycles. The summed E-state index contributed by atoms with van der Waals surface area (Å²) < 4.78 is 23.9. The molecule has 7 nitrogen and oxygen atoms in total. The molecule has 1 N–H and O–H groups in total. The van der Waals surface area contributed by atoms with Crippen molar-refractivity contribution in [3.8, 4) is 0 Å². The van der Waals surface area contributed by atoms with Gasteiger partial charge in [0.2, 0.25) is 11.9 Å². The van der Waals surface area contributed by atoms with Crippen LogP contribution in [0.25, 0.3) is 0 Å². The predicted octanol–water partition coefficient (Wildman–Crippen LogP) is 1.16. The molecule has 2 saturated carbocycles. The lowest BCUT2D eigenvalue weighted by Crippen LogP contribution is -2.65. The van der Waals surface area contributed by atoms with Gasteiger partial charge in [-0.15, -0.1) is 0 Å². The fraction of sp³-hybridized carbons (Fsp3) is 0.900. The summed E-state index contributed by atoms with van der Waals surface area (Å²) in [7, 11) is 0. The number of ether oxygens (including phenoxy) is 4. The fourth-order valence-corrected chi connectivity index (χ4v) is 8.14. The highest BCUT2D eigenvalue weighted by Crippen LogP contribution is 2.84. The van der Waals surface area contributed by atoms with Crippen LogP contribution >= 0.6 is 0 Å². The maximum absolute atomic E-state index is 13.3. The first-order valence-corrected chi connectivity index (χ1v) is 9.98. The van der Waals surface area contributed by atoms with E-state index >= 15 is 0 Å². The molecule has 7 heteroatoms. The molecule has 6 rings (SSSR count). The number of hydrogen-bond acceptors (Lipinski definition) is 7. The summed E-state index contributed by atoms with van der Waals surface area (Å²) in [5.74, 6) is -1.00. The highest BCUT2D eigenvalue weighted by Gasteiger charge is 2.98. The van der Waals surface area contributed by atoms with Gasteiger partial charge in [-0.3, -0.25) is 4.79 Å². The number of hydrogen-bond donors (Lipinski definition) is 1. The van der Waals surface area contributed by atoms with Gasteiger partial charge in [0.15, 0.2) is 0 Å². The predicted molar refractivity (Wildman–Crippen MR) is 89.1 cm³/mol. The average molecular weight is 378 g/mol. The fourth-order valence-electron chi connectivity index (χ4n) is 8.14. The second-order valence-electron chi connectivity index (χ2n) is 10.6. The Morgan fingerprint density at radius 3 is 2.59 bits per heavy atom. The Bertz CT molecular complexity index is 788. The summed E-state index contributed by atoms with van der Waals surface area (Å²) >= 11 is 0. The van der Waals surface area contributed by atoms with Gasteiger partial charge in [-0.1, -0.05) is 27.7 Å². The molecule has 2 spiro atoms. The van der Waals surface area contributed by atoms with Crippen LogP contribution in [-0.2, 0) is 28.5 Å². The zero-order valence-corrected chi connectivity index (χ0v) is 16.1. The zero-order chi connectivity index (χ0) is 19.2. The average Bonchev–Trinajstić information content (AvgIpc) is 3.27. The van der Waals surface area contributed by atoms with Crippen LogP contribution in [0.1, 0.15) is 47.0 Å². The van der Waals surface area contributed by atoms with Crippen molar-refractivity contribution in [3.63, 3.8) is 0 Å². The molecule has 0 bridgehead atoms. The maximum Gasteiger partial charge on any atom is 0.342 e. The first-order valence-electron chi connectivity index (χ1n) is 9.98. The lowest BCUT2D eigenvalue weighted by molar-refractivity contribution is -0.238. The van der Waals surface area contributed by atoms with Crippen molar-refractivity contribution in [2.45, 2.75) is 76.7 Å². The van der Waals surface area contributed by atoms with Gasteiger partial charge >= 0.3 is 11.9 Å². The standard InChI is InChI=1S/C20H26O7/c1-9-8-24-12-6-18-11-5-10(16(2,3)4)17(18)7-13(21)26-15(17)27-20(18,14(22)25-11)19(9,12)23/h9-12,15,23H,5-8H2,1-4H3/t9-,10+,11?,12?,15+,17?,18?,19-,20?/m1/s1. The van der Waals surface area contributed by atoms with Crippen molar-refractivity contribution in [2.24, 2.45) is 28.1 Å². The van der Waals surface area contributed by atoms with E-state index in [0.29, 0.717) is 19.4 Å². The van der Waals surface area contributed by atoms with Gasteiger partial charge in [0, 0.05) is 5.92 Å². The molecule has 27 heavy (non-hydrogen) atoms. The van der Waals surface area contributed by atoms with Crippen molar-refractivity contribution in [1.29, 1.82) is 0 Å². The van der Waals surface area contributed by atoms with Crippen molar-refractivity contribution < 1.29 is 33.6 Å². The molecule has 0 aromatic carbocycles. The first kappa shape index (κ1) is 16.7. The van der Waals surface area contributed by atoms with Crippen LogP contribution in [0.4, 0.5) is 0 Å². The number of carbonyl (C=O) groups is 2. The second kappa shape index (κ2) is 4.21. The van der Waals surface area contributed by atoms with Crippen LogP contribution in [0.5, 0.6) is 0 Å². The van der Waals surface area contributed by atoms with Crippen molar-refractivity contribution in [3.05, 3.63) is 0 Å². The molecule has 4 aliphatic heterocycles. The van der Waals surface area contributed by atoms with Gasteiger partial charge in [-0.25, -0.2) is 4.79 Å². The molecule has 0 amide bonds. The second-order valence-corrected chi connectivity index (χ2v) is 10.6. The highest BCUT2D eigenvalue weighted by atomic mass is 16.7. The number of carbonyl (C=O) groups excluding carboxylic acids is 2. The van der Waals surface area contributed by atoms with Gasteiger partial charge in [0.1, 0.15) is 11.7 Å². The van der Waals surface area contributed by atoms with E-state index in [2.05, 4.69) is 20.8 Å². The Kier molecular flexibility index (Phi) is 2.61. The van der Waals surface area contributed by atoms with Crippen LogP contribution in [0, 0.1) is 28.1 Å². The molecule has 0 radical (unpaired) electrons. The van der Waals surface area contributed by atoms with Crippen LogP contribution in [0.2, 0.25) is 0 Å². The Morgan fingerprint density at radius 1 is 1.15 bits per heavy atom. The third kappa shape index (κ3) is 1.30. The summed E-state index contributed by atoms with van der Waals surface area (Å²) in [6, 6.07) is 0. The van der Waals surface area contributed by atoms with Gasteiger partial charge in [0.05, 0.1) is 30.0 Å². The third-order valence-corrected chi connectivity index (χ3v) is 8.90. The molecule has 148 valence electrons. The number of fused-ring (bicyclic) bond motifs is 1. The van der Waals surface area contributed by atoms with Crippen LogP contribution in [-0.4, -0.2) is 53.4 Å². The van der Waals surface area contributed by atoms with Crippen molar-refractivity contribution in [2.75, 3.05) is 6.61 Å². The third-order valence-electron chi connectivity index (χ3n) is 8.90. The van der Waals surface area contributed by atoms with E-state index in [4.69, 9.17) is 18.9 Å². The minimum absolute atomic E-state index is 0.0687. The number of esters is 2. The quantitative estimate of drug-likeness (QED) is 0.633. The Morgan fingerprint density at radius 2 is 1.89 bits per heavy atom. The first-order chi connectivity index (χ1) is 12.6. The van der Waals surface area contributed by atoms with E-state index < -0.39 is 40.4 Å². The van der Waals surface area contributed by atoms with Gasteiger partial charge < -0.3 is 24.1 Å². The van der Waals surface area contributed by atoms with E-state index in [1.54, 1.807) is 0 Å². The summed E-state index contributed by atoms with van der Waals surface area (Å²) in [6.07, 6.45) is -0.376. The van der Waals surface area contributed by atoms with Crippen molar-refractivity contribution >= 4 is 11.9 Å². The largest absolute Gasteiger partial charge is 0.459 e. The Labute approximate surface area is 157 Å². The van der Waals surface area contributed by atoms with Gasteiger partial charge in [-0.05, 0) is 24.2 Å². The smallest absolute Gasteiger partial charge is 0.342 e. The highest BCUT2D eigenvalue weighted by molar-refractivity contribution is 5.90. The van der Waals surface area contributed by atoms with Crippen LogP contribution in [0.3, 0.4) is 0 Å². The van der Waals surface area contributed by atoms with Crippen molar-refractivity contribution in [1.82, 2.24) is 0 Å². The van der Waals surface area contributed by atoms with E-state index in [0.717, 1.165) is 0 Å². The molecule has 9 atom stereocenters. The molecule has 6 aliphatic rings. The summed E-state index contributed by atoms with van der Waals surface area (Å²) in [6.45, 7) is 8.71. The molecular formula is C20H26O7. The lowest BCUT2D eigenvalue weighted by atomic mass is 9.52. The molecule has 5 unspecified atom stereocenters. The molecule has 2 aliphatic carbocycles. The van der Waals surface area contributed by atoms with Crippen LogP contribution in [0.15, 0.2) is 0 Å². The SMILES string of the molecule is C[C@@H]1COC2CC34C5C[C@@H](C(C)(C)C)C36CC(=O)O[C@H]6OC4(C(=O)O5)[C@]21O. The van der Waals surface area contributed by atoms with E-state index in [1.165, 1.54) is 0 Å². The summed E-state index contributed by atoms with van der Waals surface area (Å²) in [5, 5.41) is 11.9. The number of aliphatic hydroxyl groups is 1. The Hall–Kier alpha value is -1.18. The molecule has 0 aromatic rings. The minimum atomic E-state index is -1.52. The van der Waals surface area contributed by atoms with Crippen LogP contribution < -0.4 is 0 Å². The topological polar surface area (TPSA) is 91.3 Å². The summed E-state index contributed by atoms with van der Waals surface area (Å²) in [4.78, 5) is 25.7. The zero-order valence-electron chi connectivity index (χ0n) is 16.1. The van der Waals surface area contributed by atoms with Gasteiger partial charge in [-0.2, -0.15) is 0 Å². The molecule has 4 saturated heterocycles. The Balaban J connectivity index is 1.66.